The second-order valence-corrected chi connectivity index (χ2v) is 3.66. The van der Waals surface area contributed by atoms with Crippen molar-refractivity contribution in [3.8, 4) is 0 Å². The summed E-state index contributed by atoms with van der Waals surface area (Å²) in [5, 5.41) is 7.17. The van der Waals surface area contributed by atoms with Crippen molar-refractivity contribution in [1.82, 2.24) is 15.3 Å². The fraction of sp³-hybridized carbons (Fsp3) is 0.600. The third-order valence-corrected chi connectivity index (χ3v) is 2.23. The van der Waals surface area contributed by atoms with Crippen LogP contribution in [0.15, 0.2) is 12.7 Å². The molecule has 0 saturated heterocycles. The number of nitrogens with one attached hydrogen (secondary N) is 1. The van der Waals surface area contributed by atoms with E-state index in [9.17, 15) is 4.79 Å². The molecule has 0 fully saturated rings. The van der Waals surface area contributed by atoms with Crippen molar-refractivity contribution >= 4 is 23.3 Å². The number of thiocarbonyl (C=S) groups is 1. The van der Waals surface area contributed by atoms with Crippen LogP contribution in [0.3, 0.4) is 0 Å². The quantitative estimate of drug-likeness (QED) is 0.316. The molecule has 0 aliphatic heterocycles. The lowest BCUT2D eigenvalue weighted by molar-refractivity contribution is -0.141. The number of hydrazine groups is 1. The normalized spacial score (nSPS) is 9.75. The molecule has 0 heterocycles. The lowest BCUT2D eigenvalue weighted by Gasteiger charge is -2.30. The third-order valence-electron chi connectivity index (χ3n) is 1.87. The van der Waals surface area contributed by atoms with Gasteiger partial charge in [-0.25, -0.2) is 5.01 Å². The van der Waals surface area contributed by atoms with Gasteiger partial charge in [-0.1, -0.05) is 6.08 Å². The summed E-state index contributed by atoms with van der Waals surface area (Å²) >= 11 is 5.18. The molecule has 0 aromatic carbocycles. The van der Waals surface area contributed by atoms with Crippen molar-refractivity contribution in [1.29, 1.82) is 0 Å². The standard InChI is InChI=1S/C10H19N3O2S/c1-5-7-11-10(16)13(12(2)3)8-6-9(14)15-4/h5H,1,6-8H2,2-4H3,(H,11,16). The highest BCUT2D eigenvalue weighted by atomic mass is 32.1. The van der Waals surface area contributed by atoms with Crippen LogP contribution in [0, 0.1) is 0 Å². The lowest BCUT2D eigenvalue weighted by Crippen LogP contribution is -2.48. The molecule has 0 aliphatic carbocycles. The Kier molecular flexibility index (Phi) is 7.49. The van der Waals surface area contributed by atoms with E-state index < -0.39 is 0 Å². The van der Waals surface area contributed by atoms with Gasteiger partial charge in [0.15, 0.2) is 5.11 Å². The number of esters is 1. The zero-order chi connectivity index (χ0) is 12.6. The SMILES string of the molecule is C=CCNC(=S)N(CCC(=O)OC)N(C)C. The van der Waals surface area contributed by atoms with Gasteiger partial charge in [0, 0.05) is 27.2 Å². The van der Waals surface area contributed by atoms with Gasteiger partial charge in [-0.15, -0.1) is 6.58 Å². The first kappa shape index (κ1) is 14.9. The number of methoxy groups -OCH3 is 1. The van der Waals surface area contributed by atoms with Crippen molar-refractivity contribution in [2.24, 2.45) is 0 Å². The first-order chi connectivity index (χ1) is 7.52. The number of nitrogens with zero attached hydrogens (tertiary/aromatic N) is 2. The summed E-state index contributed by atoms with van der Waals surface area (Å²) < 4.78 is 4.58. The number of carbonyl (C=O) groups is 1. The Morgan fingerprint density at radius 1 is 1.56 bits per heavy atom. The summed E-state index contributed by atoms with van der Waals surface area (Å²) in [6.07, 6.45) is 2.02. The Labute approximate surface area is 102 Å². The molecule has 0 aromatic heterocycles. The third kappa shape index (κ3) is 5.67. The molecule has 0 aliphatic rings. The van der Waals surface area contributed by atoms with Gasteiger partial charge in [-0.3, -0.25) is 9.80 Å². The van der Waals surface area contributed by atoms with Crippen LogP contribution in [0.1, 0.15) is 6.42 Å². The average molecular weight is 245 g/mol. The van der Waals surface area contributed by atoms with Gasteiger partial charge in [0.05, 0.1) is 13.5 Å². The van der Waals surface area contributed by atoms with Crippen molar-refractivity contribution in [2.45, 2.75) is 6.42 Å². The predicted molar refractivity (Wildman–Crippen MR) is 67.8 cm³/mol. The molecule has 6 heteroatoms. The van der Waals surface area contributed by atoms with Crippen molar-refractivity contribution in [3.05, 3.63) is 12.7 Å². The molecular weight excluding hydrogens is 226 g/mol. The Morgan fingerprint density at radius 2 is 2.19 bits per heavy atom. The van der Waals surface area contributed by atoms with E-state index in [0.717, 1.165) is 0 Å². The summed E-state index contributed by atoms with van der Waals surface area (Å²) in [5.74, 6) is -0.252. The zero-order valence-electron chi connectivity index (χ0n) is 10.0. The Hall–Kier alpha value is -1.14. The minimum atomic E-state index is -0.252. The molecule has 0 bridgehead atoms. The molecule has 0 atom stereocenters. The van der Waals surface area contributed by atoms with E-state index in [-0.39, 0.29) is 5.97 Å². The van der Waals surface area contributed by atoms with Crippen LogP contribution in [0.5, 0.6) is 0 Å². The van der Waals surface area contributed by atoms with Crippen molar-refractivity contribution in [3.63, 3.8) is 0 Å². The first-order valence-corrected chi connectivity index (χ1v) is 5.34. The van der Waals surface area contributed by atoms with Gasteiger partial charge in [0.25, 0.3) is 0 Å². The maximum Gasteiger partial charge on any atom is 0.307 e. The van der Waals surface area contributed by atoms with Gasteiger partial charge in [0.2, 0.25) is 0 Å². The Balaban J connectivity index is 4.20. The van der Waals surface area contributed by atoms with E-state index in [4.69, 9.17) is 12.2 Å². The van der Waals surface area contributed by atoms with Crippen LogP contribution in [0.25, 0.3) is 0 Å². The molecule has 1 N–H and O–H groups in total. The molecule has 5 nitrogen and oxygen atoms in total. The molecule has 0 saturated carbocycles. The Bertz CT molecular complexity index is 256. The predicted octanol–water partition coefficient (Wildman–Crippen LogP) is 0.389. The molecule has 0 rings (SSSR count). The fourth-order valence-corrected chi connectivity index (χ4v) is 1.37. The van der Waals surface area contributed by atoms with Crippen LogP contribution < -0.4 is 5.32 Å². The van der Waals surface area contributed by atoms with E-state index in [1.54, 1.807) is 11.1 Å². The number of ether oxygens (including phenoxy) is 1. The van der Waals surface area contributed by atoms with Crippen LogP contribution in [-0.2, 0) is 9.53 Å². The van der Waals surface area contributed by atoms with E-state index in [1.165, 1.54) is 7.11 Å². The zero-order valence-corrected chi connectivity index (χ0v) is 10.8. The highest BCUT2D eigenvalue weighted by Crippen LogP contribution is 1.97. The van der Waals surface area contributed by atoms with Gasteiger partial charge in [-0.05, 0) is 12.2 Å². The minimum Gasteiger partial charge on any atom is -0.469 e. The fourth-order valence-electron chi connectivity index (χ4n) is 1.03. The Morgan fingerprint density at radius 3 is 2.62 bits per heavy atom. The number of hydrogen-bond donors (Lipinski definition) is 1. The second kappa shape index (κ2) is 8.06. The average Bonchev–Trinajstić information content (AvgIpc) is 2.25. The highest BCUT2D eigenvalue weighted by Gasteiger charge is 2.13. The smallest absolute Gasteiger partial charge is 0.307 e. The van der Waals surface area contributed by atoms with Crippen molar-refractivity contribution < 1.29 is 9.53 Å². The van der Waals surface area contributed by atoms with Gasteiger partial charge < -0.3 is 10.1 Å². The maximum absolute atomic E-state index is 11.0. The second-order valence-electron chi connectivity index (χ2n) is 3.27. The molecule has 0 unspecified atom stereocenters. The molecular formula is C10H19N3O2S. The summed E-state index contributed by atoms with van der Waals surface area (Å²) in [5.41, 5.74) is 0. The van der Waals surface area contributed by atoms with Crippen LogP contribution in [0.4, 0.5) is 0 Å². The van der Waals surface area contributed by atoms with E-state index >= 15 is 0 Å². The molecule has 16 heavy (non-hydrogen) atoms. The maximum atomic E-state index is 11.0. The minimum absolute atomic E-state index is 0.252. The molecule has 0 amide bonds. The topological polar surface area (TPSA) is 44.8 Å². The van der Waals surface area contributed by atoms with E-state index in [2.05, 4.69) is 16.6 Å². The molecule has 0 aromatic rings. The van der Waals surface area contributed by atoms with E-state index in [0.29, 0.717) is 24.6 Å². The van der Waals surface area contributed by atoms with Gasteiger partial charge in [0.1, 0.15) is 0 Å². The molecule has 0 radical (unpaired) electrons. The first-order valence-electron chi connectivity index (χ1n) is 4.93. The van der Waals surface area contributed by atoms with Crippen LogP contribution >= 0.6 is 12.2 Å². The molecule has 0 spiro atoms. The van der Waals surface area contributed by atoms with Gasteiger partial charge >= 0.3 is 5.97 Å². The number of carbonyl (C=O) groups excluding carboxylic acids is 1. The van der Waals surface area contributed by atoms with Crippen LogP contribution in [0.2, 0.25) is 0 Å². The summed E-state index contributed by atoms with van der Waals surface area (Å²) in [6, 6.07) is 0. The number of hydrogen-bond acceptors (Lipinski definition) is 4. The molecule has 92 valence electrons. The number of rotatable bonds is 6. The monoisotopic (exact) mass is 245 g/mol. The largest absolute Gasteiger partial charge is 0.469 e. The highest BCUT2D eigenvalue weighted by molar-refractivity contribution is 7.80. The summed E-state index contributed by atoms with van der Waals surface area (Å²) in [7, 11) is 5.09. The van der Waals surface area contributed by atoms with Crippen LogP contribution in [-0.4, -0.2) is 55.4 Å². The van der Waals surface area contributed by atoms with Gasteiger partial charge in [-0.2, -0.15) is 0 Å². The summed E-state index contributed by atoms with van der Waals surface area (Å²) in [4.78, 5) is 11.0. The summed E-state index contributed by atoms with van der Waals surface area (Å²) in [6.45, 7) is 4.68. The lowest BCUT2D eigenvalue weighted by atomic mass is 10.4. The van der Waals surface area contributed by atoms with E-state index in [1.807, 2.05) is 19.1 Å². The van der Waals surface area contributed by atoms with Crippen molar-refractivity contribution in [2.75, 3.05) is 34.3 Å².